The zero-order valence-corrected chi connectivity index (χ0v) is 30.8. The van der Waals surface area contributed by atoms with Crippen LogP contribution in [0.25, 0.3) is 0 Å². The number of anilines is 1. The molecule has 4 rings (SSSR count). The molecule has 0 radical (unpaired) electrons. The van der Waals surface area contributed by atoms with Crippen molar-refractivity contribution < 1.29 is 57.0 Å². The first-order valence-corrected chi connectivity index (χ1v) is 19.4. The summed E-state index contributed by atoms with van der Waals surface area (Å²) in [6.45, 7) is 3.71. The Bertz CT molecular complexity index is 1820. The van der Waals surface area contributed by atoms with Gasteiger partial charge in [-0.15, -0.1) is 0 Å². The number of fused-ring (bicyclic) bond motifs is 1. The quantitative estimate of drug-likeness (QED) is 0.0655. The smallest absolute Gasteiger partial charge is 0.522 e. The van der Waals surface area contributed by atoms with E-state index in [2.05, 4.69) is 20.6 Å². The van der Waals surface area contributed by atoms with Gasteiger partial charge in [0.05, 0.1) is 24.4 Å². The van der Waals surface area contributed by atoms with Gasteiger partial charge in [0.2, 0.25) is 11.8 Å². The number of aromatic nitrogens is 2. The Morgan fingerprint density at radius 3 is 2.38 bits per heavy atom. The molecule has 2 unspecified atom stereocenters. The number of hydrogen-bond acceptors (Lipinski definition) is 11. The highest BCUT2D eigenvalue weighted by molar-refractivity contribution is 7.65. The summed E-state index contributed by atoms with van der Waals surface area (Å²) in [5, 5.41) is 7.59. The number of benzene rings is 2. The topological polar surface area (TPSA) is 256 Å². The van der Waals surface area contributed by atoms with Gasteiger partial charge in [-0.25, -0.2) is 9.78 Å². The van der Waals surface area contributed by atoms with Gasteiger partial charge in [-0.3, -0.25) is 34.1 Å². The van der Waals surface area contributed by atoms with E-state index < -0.39 is 64.1 Å². The molecule has 53 heavy (non-hydrogen) atoms. The molecule has 0 saturated carbocycles. The summed E-state index contributed by atoms with van der Waals surface area (Å²) in [6, 6.07) is 13.0. The highest BCUT2D eigenvalue weighted by Crippen LogP contribution is 2.50. The molecule has 3 aromatic rings. The molecule has 0 aliphatic carbocycles. The molecule has 0 bridgehead atoms. The average Bonchev–Trinajstić information content (AvgIpc) is 3.55. The molecule has 1 aliphatic rings. The van der Waals surface area contributed by atoms with Gasteiger partial charge in [-0.2, -0.15) is 4.89 Å². The number of hydrogen-bond donors (Lipinski definition) is 6. The Hall–Kier alpha value is -4.93. The van der Waals surface area contributed by atoms with Crippen molar-refractivity contribution in [2.45, 2.75) is 57.0 Å². The molecule has 4 atom stereocenters. The fourth-order valence-corrected chi connectivity index (χ4v) is 6.74. The van der Waals surface area contributed by atoms with Crippen molar-refractivity contribution in [3.63, 3.8) is 0 Å². The predicted molar refractivity (Wildman–Crippen MR) is 191 cm³/mol. The van der Waals surface area contributed by atoms with Gasteiger partial charge in [0.25, 0.3) is 5.91 Å². The lowest BCUT2D eigenvalue weighted by atomic mass is 9.74. The second-order valence-electron chi connectivity index (χ2n) is 12.4. The lowest BCUT2D eigenvalue weighted by Gasteiger charge is -2.25. The zero-order valence-electron chi connectivity index (χ0n) is 29.0. The van der Waals surface area contributed by atoms with E-state index in [1.807, 2.05) is 49.5 Å². The van der Waals surface area contributed by atoms with Crippen molar-refractivity contribution in [1.29, 1.82) is 0 Å². The van der Waals surface area contributed by atoms with Crippen LogP contribution in [0.4, 0.5) is 10.5 Å². The maximum absolute atomic E-state index is 13.8. The van der Waals surface area contributed by atoms with E-state index in [4.69, 9.17) is 28.7 Å². The third kappa shape index (κ3) is 12.1. The molecular weight excluding hydrogens is 733 g/mol. The molecule has 0 spiro atoms. The van der Waals surface area contributed by atoms with Crippen molar-refractivity contribution >= 4 is 52.2 Å². The monoisotopic (exact) mass is 773 g/mol. The molecule has 1 aromatic heterocycles. The van der Waals surface area contributed by atoms with Gasteiger partial charge in [0.1, 0.15) is 23.2 Å². The van der Waals surface area contributed by atoms with Gasteiger partial charge in [-0.1, -0.05) is 44.2 Å². The molecule has 21 heteroatoms. The Labute approximate surface area is 306 Å². The van der Waals surface area contributed by atoms with Crippen molar-refractivity contribution in [3.05, 3.63) is 78.4 Å². The Balaban J connectivity index is 1.37. The summed E-state index contributed by atoms with van der Waals surface area (Å²) in [5.74, 6) is -1.83. The number of carbonyl (C=O) groups excluding carboxylic acids is 4. The van der Waals surface area contributed by atoms with E-state index in [0.29, 0.717) is 23.6 Å². The van der Waals surface area contributed by atoms with E-state index in [1.165, 1.54) is 30.5 Å². The van der Waals surface area contributed by atoms with Crippen LogP contribution in [0.1, 0.15) is 49.2 Å². The van der Waals surface area contributed by atoms with Crippen LogP contribution < -0.4 is 30.2 Å². The van der Waals surface area contributed by atoms with Crippen LogP contribution in [-0.4, -0.2) is 86.7 Å². The molecule has 0 saturated heterocycles. The van der Waals surface area contributed by atoms with E-state index in [1.54, 1.807) is 18.2 Å². The lowest BCUT2D eigenvalue weighted by Crippen LogP contribution is -2.57. The van der Waals surface area contributed by atoms with Crippen molar-refractivity contribution in [3.8, 4) is 11.5 Å². The summed E-state index contributed by atoms with van der Waals surface area (Å²) < 4.78 is 39.9. The molecule has 4 amide bonds. The van der Waals surface area contributed by atoms with Gasteiger partial charge >= 0.3 is 34.4 Å². The van der Waals surface area contributed by atoms with E-state index in [9.17, 15) is 28.3 Å². The zero-order chi connectivity index (χ0) is 38.7. The summed E-state index contributed by atoms with van der Waals surface area (Å²) in [4.78, 5) is 88.0. The minimum Gasteiger partial charge on any atom is -0.522 e. The molecule has 2 heterocycles. The van der Waals surface area contributed by atoms with Crippen LogP contribution in [0.5, 0.6) is 11.5 Å². The van der Waals surface area contributed by atoms with Crippen molar-refractivity contribution in [2.24, 2.45) is 5.92 Å². The second-order valence-corrected chi connectivity index (χ2v) is 15.6. The van der Waals surface area contributed by atoms with Gasteiger partial charge in [0.15, 0.2) is 0 Å². The fourth-order valence-electron chi connectivity index (χ4n) is 5.15. The van der Waals surface area contributed by atoms with Crippen LogP contribution in [0.15, 0.2) is 67.1 Å². The molecule has 0 fully saturated rings. The van der Waals surface area contributed by atoms with Crippen LogP contribution in [0.3, 0.4) is 0 Å². The Kier molecular flexibility index (Phi) is 14.4. The third-order valence-electron chi connectivity index (χ3n) is 7.75. The molecular formula is C32H40BN6O12P2+. The Morgan fingerprint density at radius 2 is 1.74 bits per heavy atom. The SMILES string of the molecule is CC(C)C[C@H](NC(=O)[C@H](Cc1ccccc1)NC(=O)c1cnccn1)B1Oc2ccc(N(C)C(=O)OCCCC(=O)NC([P+](=O)O)P(=O)(O)O)cc2O1. The second kappa shape index (κ2) is 18.7. The standard InChI is InChI=1S/C32H39BN6O12P2/c1-20(2)16-27(37-29(41)23(17-21-8-5-4-6-9-21)36-30(42)24-19-34-13-14-35-24)33-50-25-12-11-22(18-26(25)51-33)39(3)32(43)49-15-7-10-28(40)38-31(52(44)45)53(46,47)48/h4-6,8-9,11-14,18-20,23,27,31H,7,10,15-17H2,1-3H3,(H5-,36,37,38,40,41,42,44,45,46,47,48)/p+1/t23-,27-,31?/m0/s1. The number of nitrogens with one attached hydrogen (secondary N) is 3. The normalized spacial score (nSPS) is 14.1. The number of ether oxygens (including phenoxy) is 1. The average molecular weight is 773 g/mol. The molecule has 2 aromatic carbocycles. The molecule has 1 aliphatic heterocycles. The minimum atomic E-state index is -5.06. The highest BCUT2D eigenvalue weighted by Gasteiger charge is 2.47. The molecule has 6 N–H and O–H groups in total. The van der Waals surface area contributed by atoms with E-state index >= 15 is 0 Å². The first-order chi connectivity index (χ1) is 25.1. The van der Waals surface area contributed by atoms with Crippen LogP contribution in [0, 0.1) is 5.92 Å². The van der Waals surface area contributed by atoms with Crippen LogP contribution in [0.2, 0.25) is 0 Å². The lowest BCUT2D eigenvalue weighted by molar-refractivity contribution is -0.123. The third-order valence-corrected chi connectivity index (χ3v) is 10.6. The van der Waals surface area contributed by atoms with Gasteiger partial charge < -0.3 is 34.5 Å². The Morgan fingerprint density at radius 1 is 1.02 bits per heavy atom. The van der Waals surface area contributed by atoms with Crippen molar-refractivity contribution in [2.75, 3.05) is 18.6 Å². The maximum atomic E-state index is 13.8. The maximum Gasteiger partial charge on any atom is 0.618 e. The fraction of sp³-hybridized carbons (Fsp3) is 0.375. The molecule has 18 nitrogen and oxygen atoms in total. The largest absolute Gasteiger partial charge is 0.618 e. The first-order valence-electron chi connectivity index (χ1n) is 16.4. The van der Waals surface area contributed by atoms with Gasteiger partial charge in [-0.05, 0) is 41.0 Å². The summed E-state index contributed by atoms with van der Waals surface area (Å²) in [6.07, 6.45) is 3.61. The highest BCUT2D eigenvalue weighted by atomic mass is 31.2. The van der Waals surface area contributed by atoms with E-state index in [-0.39, 0.29) is 37.5 Å². The first kappa shape index (κ1) is 40.8. The number of carbonyl (C=O) groups is 4. The number of rotatable bonds is 17. The predicted octanol–water partition coefficient (Wildman–Crippen LogP) is 2.51. The summed E-state index contributed by atoms with van der Waals surface area (Å²) >= 11 is 0. The van der Waals surface area contributed by atoms with Gasteiger partial charge in [0, 0.05) is 38.3 Å². The van der Waals surface area contributed by atoms with E-state index in [0.717, 1.165) is 5.56 Å². The van der Waals surface area contributed by atoms with Crippen molar-refractivity contribution in [1.82, 2.24) is 25.9 Å². The number of nitrogens with zero attached hydrogens (tertiary/aromatic N) is 3. The minimum absolute atomic E-state index is 0.0382. The summed E-state index contributed by atoms with van der Waals surface area (Å²) in [5.41, 5.74) is -0.991. The molecule has 282 valence electrons. The number of amides is 4. The van der Waals surface area contributed by atoms with Crippen LogP contribution >= 0.6 is 15.6 Å². The van der Waals surface area contributed by atoms with Crippen LogP contribution in [-0.2, 0) is 29.9 Å². The summed E-state index contributed by atoms with van der Waals surface area (Å²) in [7, 11) is -7.95.